The summed E-state index contributed by atoms with van der Waals surface area (Å²) in [5, 5.41) is 0. The van der Waals surface area contributed by atoms with Crippen molar-refractivity contribution in [3.63, 3.8) is 0 Å². The van der Waals surface area contributed by atoms with Gasteiger partial charge in [0.05, 0.1) is 3.57 Å². The van der Waals surface area contributed by atoms with Crippen LogP contribution in [0.4, 0.5) is 5.69 Å². The van der Waals surface area contributed by atoms with Gasteiger partial charge >= 0.3 is 0 Å². The molecule has 2 N–H and O–H groups in total. The van der Waals surface area contributed by atoms with Gasteiger partial charge in [-0.2, -0.15) is 0 Å². The fourth-order valence-electron chi connectivity index (χ4n) is 0.591. The summed E-state index contributed by atoms with van der Waals surface area (Å²) in [7, 11) is 0. The Balaban J connectivity index is 3.46. The Kier molecular flexibility index (Phi) is 3.67. The average molecular weight is 456 g/mol. The van der Waals surface area contributed by atoms with E-state index in [2.05, 4.69) is 70.4 Å². The van der Waals surface area contributed by atoms with Gasteiger partial charge in [0, 0.05) is 19.1 Å². The second-order valence-corrected chi connectivity index (χ2v) is 5.41. The number of hydrogen-bond acceptors (Lipinski definition) is 1. The van der Waals surface area contributed by atoms with Crippen molar-refractivity contribution in [2.24, 2.45) is 0 Å². The Labute approximate surface area is 104 Å². The van der Waals surface area contributed by atoms with Gasteiger partial charge in [0.25, 0.3) is 0 Å². The predicted molar refractivity (Wildman–Crippen MR) is 66.7 cm³/mol. The summed E-state index contributed by atoms with van der Waals surface area (Å²) in [6, 6.07) is 1.87. The highest BCUT2D eigenvalue weighted by molar-refractivity contribution is 14.1. The van der Waals surface area contributed by atoms with Gasteiger partial charge in [-0.1, -0.05) is 0 Å². The van der Waals surface area contributed by atoms with Crippen LogP contribution in [0.2, 0.25) is 0 Å². The lowest BCUT2D eigenvalue weighted by molar-refractivity contribution is 1.49. The molecule has 60 valence electrons. The summed E-state index contributed by atoms with van der Waals surface area (Å²) in [6.07, 6.45) is 0. The topological polar surface area (TPSA) is 26.0 Å². The molecule has 1 rings (SSSR count). The number of anilines is 1. The molecule has 0 saturated carbocycles. The van der Waals surface area contributed by atoms with E-state index >= 15 is 0 Å². The van der Waals surface area contributed by atoms with Gasteiger partial charge < -0.3 is 5.73 Å². The normalized spacial score (nSPS) is 10.2. The molecule has 0 atom stereocenters. The summed E-state index contributed by atoms with van der Waals surface area (Å²) in [5.74, 6) is 0. The molecule has 0 aliphatic rings. The summed E-state index contributed by atoms with van der Waals surface area (Å²) < 4.78 is 3.97. The van der Waals surface area contributed by atoms with E-state index in [4.69, 9.17) is 5.73 Å². The fraction of sp³-hybridized carbons (Fsp3) is 0. The van der Waals surface area contributed by atoms with Crippen LogP contribution in [0.3, 0.4) is 0 Å². The van der Waals surface area contributed by atoms with Crippen LogP contribution >= 0.6 is 70.4 Å². The minimum absolute atomic E-state index is 0.771. The lowest BCUT2D eigenvalue weighted by Crippen LogP contribution is -1.91. The van der Waals surface area contributed by atoms with E-state index in [0.29, 0.717) is 0 Å². The highest BCUT2D eigenvalue weighted by Crippen LogP contribution is 2.37. The largest absolute Gasteiger partial charge is 0.398 e. The molecule has 0 fully saturated rings. The minimum Gasteiger partial charge on any atom is -0.398 e. The Bertz CT molecular complexity index is 274. The molecule has 0 aromatic heterocycles. The molecule has 0 spiro atoms. The van der Waals surface area contributed by atoms with E-state index in [1.165, 1.54) is 0 Å². The first-order chi connectivity index (χ1) is 5.04. The molecule has 0 radical (unpaired) electrons. The molecule has 0 aliphatic heterocycles. The van der Waals surface area contributed by atoms with Crippen LogP contribution in [0.5, 0.6) is 0 Å². The van der Waals surface area contributed by atoms with Crippen LogP contribution in [-0.2, 0) is 0 Å². The quantitative estimate of drug-likeness (QED) is 0.270. The summed E-state index contributed by atoms with van der Waals surface area (Å²) in [4.78, 5) is 0. The van der Waals surface area contributed by atoms with Crippen LogP contribution in [-0.4, -0.2) is 0 Å². The molecule has 0 heterocycles. The lowest BCUT2D eigenvalue weighted by Gasteiger charge is -2.05. The van der Waals surface area contributed by atoms with Gasteiger partial charge in [0.1, 0.15) is 0 Å². The number of nitrogens with two attached hydrogens (primary N) is 1. The highest BCUT2D eigenvalue weighted by Gasteiger charge is 2.08. The first-order valence-corrected chi connectivity index (χ1v) is 6.08. The van der Waals surface area contributed by atoms with Gasteiger partial charge in [-0.15, -0.1) is 0 Å². The van der Waals surface area contributed by atoms with Crippen molar-refractivity contribution < 1.29 is 0 Å². The van der Waals surface area contributed by atoms with Gasteiger partial charge in [-0.25, -0.2) is 0 Å². The fourth-order valence-corrected chi connectivity index (χ4v) is 2.85. The van der Waals surface area contributed by atoms with E-state index in [0.717, 1.165) is 22.7 Å². The molecule has 0 bridgehead atoms. The number of benzene rings is 1. The van der Waals surface area contributed by atoms with Crippen molar-refractivity contribution in [1.29, 1.82) is 0 Å². The second kappa shape index (κ2) is 3.93. The molecule has 1 aromatic rings. The van der Waals surface area contributed by atoms with Crippen LogP contribution in [0.15, 0.2) is 19.5 Å². The Morgan fingerprint density at radius 3 is 2.27 bits per heavy atom. The van der Waals surface area contributed by atoms with Crippen LogP contribution in [0.25, 0.3) is 0 Å². The third-order valence-corrected chi connectivity index (χ3v) is 6.34. The smallest absolute Gasteiger partial charge is 0.0514 e. The third-order valence-electron chi connectivity index (χ3n) is 1.13. The Morgan fingerprint density at radius 2 is 1.73 bits per heavy atom. The van der Waals surface area contributed by atoms with E-state index in [-0.39, 0.29) is 0 Å². The third kappa shape index (κ3) is 2.10. The average Bonchev–Trinajstić information content (AvgIpc) is 1.97. The molecular weight excluding hydrogens is 453 g/mol. The van der Waals surface area contributed by atoms with Gasteiger partial charge in [0.15, 0.2) is 0 Å². The van der Waals surface area contributed by atoms with Crippen LogP contribution < -0.4 is 5.73 Å². The predicted octanol–water partition coefficient (Wildman–Crippen LogP) is 4.16. The number of nitrogen functional groups attached to an aromatic ring is 1. The van der Waals surface area contributed by atoms with Crippen molar-refractivity contribution in [3.05, 3.63) is 23.1 Å². The van der Waals surface area contributed by atoms with E-state index < -0.39 is 0 Å². The summed E-state index contributed by atoms with van der Waals surface area (Å²) in [6.45, 7) is 0. The van der Waals surface area contributed by atoms with E-state index in [1.54, 1.807) is 0 Å². The number of halogens is 4. The zero-order valence-corrected chi connectivity index (χ0v) is 12.1. The van der Waals surface area contributed by atoms with Gasteiger partial charge in [0.2, 0.25) is 0 Å². The monoisotopic (exact) mass is 453 g/mol. The zero-order chi connectivity index (χ0) is 8.59. The highest BCUT2D eigenvalue weighted by atomic mass is 127. The van der Waals surface area contributed by atoms with E-state index in [1.807, 2.05) is 6.07 Å². The van der Waals surface area contributed by atoms with Crippen molar-refractivity contribution in [2.45, 2.75) is 0 Å². The van der Waals surface area contributed by atoms with Crippen molar-refractivity contribution >= 4 is 76.1 Å². The lowest BCUT2D eigenvalue weighted by atomic mass is 10.3. The maximum atomic E-state index is 5.70. The van der Waals surface area contributed by atoms with Gasteiger partial charge in [-0.05, 0) is 76.4 Å². The summed E-state index contributed by atoms with van der Waals surface area (Å²) in [5.41, 5.74) is 6.47. The van der Waals surface area contributed by atoms with Crippen LogP contribution in [0.1, 0.15) is 0 Å². The molecule has 0 amide bonds. The second-order valence-electron chi connectivity index (χ2n) is 1.89. The maximum absolute atomic E-state index is 5.70. The molecule has 5 heteroatoms. The maximum Gasteiger partial charge on any atom is 0.0514 e. The van der Waals surface area contributed by atoms with Gasteiger partial charge in [-0.3, -0.25) is 0 Å². The summed E-state index contributed by atoms with van der Waals surface area (Å²) >= 11 is 12.4. The molecule has 1 aromatic carbocycles. The molecule has 11 heavy (non-hydrogen) atoms. The number of rotatable bonds is 0. The standard InChI is InChI=1S/C6H3Br3IN/c7-2-1-3(11)6(10)5(9)4(2)8/h1H,11H2. The van der Waals surface area contributed by atoms with Crippen molar-refractivity contribution in [3.8, 4) is 0 Å². The SMILES string of the molecule is Nc1cc(Br)c(Br)c(Br)c1I. The number of hydrogen-bond donors (Lipinski definition) is 1. The van der Waals surface area contributed by atoms with E-state index in [9.17, 15) is 0 Å². The first kappa shape index (κ1) is 10.3. The molecule has 1 nitrogen and oxygen atoms in total. The molecule has 0 unspecified atom stereocenters. The molecular formula is C6H3Br3IN. The van der Waals surface area contributed by atoms with Crippen molar-refractivity contribution in [2.75, 3.05) is 5.73 Å². The van der Waals surface area contributed by atoms with Crippen LogP contribution in [0, 0.1) is 3.57 Å². The molecule has 0 saturated heterocycles. The first-order valence-electron chi connectivity index (χ1n) is 2.62. The molecule has 0 aliphatic carbocycles. The Morgan fingerprint density at radius 1 is 1.18 bits per heavy atom. The Hall–Kier alpha value is 1.19. The zero-order valence-electron chi connectivity index (χ0n) is 5.17. The minimum atomic E-state index is 0.771. The van der Waals surface area contributed by atoms with Crippen molar-refractivity contribution in [1.82, 2.24) is 0 Å².